The molecule has 0 aliphatic rings. The van der Waals surface area contributed by atoms with Gasteiger partial charge in [-0.2, -0.15) is 0 Å². The first kappa shape index (κ1) is 12.4. The number of hydrogen-bond donors (Lipinski definition) is 1. The normalized spacial score (nSPS) is 12.9. The Labute approximate surface area is 119 Å². The van der Waals surface area contributed by atoms with Crippen LogP contribution in [0, 0.1) is 0 Å². The van der Waals surface area contributed by atoms with Crippen LogP contribution in [-0.4, -0.2) is 16.6 Å². The van der Waals surface area contributed by atoms with Gasteiger partial charge in [0.25, 0.3) is 0 Å². The van der Waals surface area contributed by atoms with E-state index in [0.29, 0.717) is 0 Å². The summed E-state index contributed by atoms with van der Waals surface area (Å²) < 4.78 is 8.65. The van der Waals surface area contributed by atoms with Gasteiger partial charge in [0.15, 0.2) is 0 Å². The minimum atomic E-state index is 0.0991. The minimum absolute atomic E-state index is 0.0991. The molecule has 1 N–H and O–H groups in total. The zero-order chi connectivity index (χ0) is 13.2. The Kier molecular flexibility index (Phi) is 3.40. The van der Waals surface area contributed by atoms with E-state index >= 15 is 0 Å². The van der Waals surface area contributed by atoms with E-state index in [-0.39, 0.29) is 6.04 Å². The molecular formula is C14H14BrN3O. The first-order valence-corrected chi connectivity index (χ1v) is 6.89. The molecule has 0 fully saturated rings. The lowest BCUT2D eigenvalue weighted by atomic mass is 10.2. The second kappa shape index (κ2) is 5.19. The first-order valence-electron chi connectivity index (χ1n) is 6.09. The van der Waals surface area contributed by atoms with E-state index in [0.717, 1.165) is 27.8 Å². The van der Waals surface area contributed by atoms with Crippen LogP contribution < -0.4 is 5.32 Å². The van der Waals surface area contributed by atoms with Gasteiger partial charge in [-0.15, -0.1) is 0 Å². The SMILES string of the molecule is CNC(Cn1cnc2ccccc21)c1occc1Br. The van der Waals surface area contributed by atoms with Crippen molar-refractivity contribution in [2.45, 2.75) is 12.6 Å². The van der Waals surface area contributed by atoms with Crippen molar-refractivity contribution in [3.8, 4) is 0 Å². The lowest BCUT2D eigenvalue weighted by Gasteiger charge is -2.15. The summed E-state index contributed by atoms with van der Waals surface area (Å²) in [5.74, 6) is 0.903. The van der Waals surface area contributed by atoms with Crippen LogP contribution in [0.4, 0.5) is 0 Å². The zero-order valence-electron chi connectivity index (χ0n) is 10.5. The van der Waals surface area contributed by atoms with Crippen LogP contribution in [0.15, 0.2) is 51.8 Å². The molecule has 3 rings (SSSR count). The molecule has 0 saturated heterocycles. The molecule has 5 heteroatoms. The van der Waals surface area contributed by atoms with Crippen molar-refractivity contribution in [2.24, 2.45) is 0 Å². The molecule has 0 radical (unpaired) electrons. The number of rotatable bonds is 4. The minimum Gasteiger partial charge on any atom is -0.466 e. The second-order valence-corrected chi connectivity index (χ2v) is 5.21. The van der Waals surface area contributed by atoms with Crippen molar-refractivity contribution in [3.63, 3.8) is 0 Å². The molecule has 1 unspecified atom stereocenters. The van der Waals surface area contributed by atoms with Crippen LogP contribution in [-0.2, 0) is 6.54 Å². The number of imidazole rings is 1. The maximum absolute atomic E-state index is 5.54. The van der Waals surface area contributed by atoms with Crippen molar-refractivity contribution >= 4 is 27.0 Å². The van der Waals surface area contributed by atoms with Gasteiger partial charge in [0.2, 0.25) is 0 Å². The standard InChI is InChI=1S/C14H14BrN3O/c1-16-12(14-10(15)6-7-19-14)8-18-9-17-11-4-2-3-5-13(11)18/h2-7,9,12,16H,8H2,1H3. The van der Waals surface area contributed by atoms with Crippen LogP contribution in [0.5, 0.6) is 0 Å². The summed E-state index contributed by atoms with van der Waals surface area (Å²) in [7, 11) is 1.93. The highest BCUT2D eigenvalue weighted by atomic mass is 79.9. The molecule has 0 bridgehead atoms. The Bertz CT molecular complexity index is 689. The Morgan fingerprint density at radius 1 is 1.37 bits per heavy atom. The summed E-state index contributed by atoms with van der Waals surface area (Å²) in [6.45, 7) is 0.767. The third-order valence-corrected chi connectivity index (χ3v) is 3.87. The monoisotopic (exact) mass is 319 g/mol. The van der Waals surface area contributed by atoms with Crippen molar-refractivity contribution in [1.82, 2.24) is 14.9 Å². The molecular weight excluding hydrogens is 306 g/mol. The molecule has 4 nitrogen and oxygen atoms in total. The van der Waals surface area contributed by atoms with E-state index in [1.807, 2.05) is 37.6 Å². The molecule has 0 aliphatic heterocycles. The van der Waals surface area contributed by atoms with Gasteiger partial charge in [0.1, 0.15) is 5.76 Å². The summed E-state index contributed by atoms with van der Waals surface area (Å²) in [4.78, 5) is 4.40. The van der Waals surface area contributed by atoms with Crippen LogP contribution in [0.25, 0.3) is 11.0 Å². The maximum Gasteiger partial charge on any atom is 0.136 e. The van der Waals surface area contributed by atoms with E-state index in [1.54, 1.807) is 6.26 Å². The van der Waals surface area contributed by atoms with E-state index in [9.17, 15) is 0 Å². The first-order chi connectivity index (χ1) is 9.29. The molecule has 2 heterocycles. The molecule has 1 atom stereocenters. The van der Waals surface area contributed by atoms with Crippen LogP contribution in [0.2, 0.25) is 0 Å². The van der Waals surface area contributed by atoms with E-state index in [2.05, 4.69) is 36.9 Å². The van der Waals surface area contributed by atoms with Gasteiger partial charge in [-0.1, -0.05) is 12.1 Å². The lowest BCUT2D eigenvalue weighted by Crippen LogP contribution is -2.21. The van der Waals surface area contributed by atoms with E-state index in [4.69, 9.17) is 4.42 Å². The summed E-state index contributed by atoms with van der Waals surface area (Å²) in [6, 6.07) is 10.1. The second-order valence-electron chi connectivity index (χ2n) is 4.36. The topological polar surface area (TPSA) is 43.0 Å². The summed E-state index contributed by atoms with van der Waals surface area (Å²) in [6.07, 6.45) is 3.56. The molecule has 1 aromatic carbocycles. The van der Waals surface area contributed by atoms with E-state index < -0.39 is 0 Å². The van der Waals surface area contributed by atoms with Crippen molar-refractivity contribution < 1.29 is 4.42 Å². The van der Waals surface area contributed by atoms with Gasteiger partial charge < -0.3 is 14.3 Å². The summed E-state index contributed by atoms with van der Waals surface area (Å²) >= 11 is 3.50. The highest BCUT2D eigenvalue weighted by Gasteiger charge is 2.17. The Morgan fingerprint density at radius 3 is 2.95 bits per heavy atom. The zero-order valence-corrected chi connectivity index (χ0v) is 12.1. The molecule has 2 aromatic heterocycles. The third-order valence-electron chi connectivity index (χ3n) is 3.22. The number of para-hydroxylation sites is 2. The number of nitrogens with zero attached hydrogens (tertiary/aromatic N) is 2. The van der Waals surface area contributed by atoms with Gasteiger partial charge in [0.05, 0.1) is 34.1 Å². The van der Waals surface area contributed by atoms with Crippen molar-refractivity contribution in [2.75, 3.05) is 7.05 Å². The van der Waals surface area contributed by atoms with Crippen LogP contribution in [0.3, 0.4) is 0 Å². The fourth-order valence-electron chi connectivity index (χ4n) is 2.21. The predicted molar refractivity (Wildman–Crippen MR) is 77.9 cm³/mol. The van der Waals surface area contributed by atoms with Gasteiger partial charge in [-0.3, -0.25) is 0 Å². The smallest absolute Gasteiger partial charge is 0.136 e. The Hall–Kier alpha value is -1.59. The summed E-state index contributed by atoms with van der Waals surface area (Å²) in [5, 5.41) is 3.28. The fraction of sp³-hybridized carbons (Fsp3) is 0.214. The number of likely N-dealkylation sites (N-methyl/N-ethyl adjacent to an activating group) is 1. The number of fused-ring (bicyclic) bond motifs is 1. The molecule has 0 aliphatic carbocycles. The molecule has 3 aromatic rings. The number of benzene rings is 1. The van der Waals surface area contributed by atoms with Crippen LogP contribution >= 0.6 is 15.9 Å². The number of nitrogens with one attached hydrogen (secondary N) is 1. The Balaban J connectivity index is 1.93. The predicted octanol–water partition coefficient (Wildman–Crippen LogP) is 3.35. The van der Waals surface area contributed by atoms with Gasteiger partial charge in [0, 0.05) is 6.54 Å². The molecule has 19 heavy (non-hydrogen) atoms. The van der Waals surface area contributed by atoms with Gasteiger partial charge >= 0.3 is 0 Å². The quantitative estimate of drug-likeness (QED) is 0.802. The largest absolute Gasteiger partial charge is 0.466 e. The van der Waals surface area contributed by atoms with Crippen molar-refractivity contribution in [1.29, 1.82) is 0 Å². The van der Waals surface area contributed by atoms with E-state index in [1.165, 1.54) is 0 Å². The van der Waals surface area contributed by atoms with Crippen LogP contribution in [0.1, 0.15) is 11.8 Å². The molecule has 0 saturated carbocycles. The Morgan fingerprint density at radius 2 is 2.21 bits per heavy atom. The number of hydrogen-bond acceptors (Lipinski definition) is 3. The summed E-state index contributed by atoms with van der Waals surface area (Å²) in [5.41, 5.74) is 2.14. The van der Waals surface area contributed by atoms with Crippen molar-refractivity contribution in [3.05, 3.63) is 53.2 Å². The van der Waals surface area contributed by atoms with Gasteiger partial charge in [-0.25, -0.2) is 4.98 Å². The number of halogens is 1. The fourth-order valence-corrected chi connectivity index (χ4v) is 2.69. The van der Waals surface area contributed by atoms with Gasteiger partial charge in [-0.05, 0) is 41.2 Å². The maximum atomic E-state index is 5.54. The molecule has 0 amide bonds. The number of furan rings is 1. The third kappa shape index (κ3) is 2.31. The molecule has 0 spiro atoms. The highest BCUT2D eigenvalue weighted by Crippen LogP contribution is 2.26. The average Bonchev–Trinajstić information content (AvgIpc) is 3.03. The lowest BCUT2D eigenvalue weighted by molar-refractivity contribution is 0.396. The molecule has 98 valence electrons. The average molecular weight is 320 g/mol. The number of aromatic nitrogens is 2. The highest BCUT2D eigenvalue weighted by molar-refractivity contribution is 9.10.